The number of aliphatic hydroxyl groups excluding tert-OH is 1. The van der Waals surface area contributed by atoms with Gasteiger partial charge >= 0.3 is 0 Å². The largest absolute Gasteiger partial charge is 0.396 e. The highest BCUT2D eigenvalue weighted by molar-refractivity contribution is 5.92. The van der Waals surface area contributed by atoms with Crippen molar-refractivity contribution in [3.63, 3.8) is 0 Å². The van der Waals surface area contributed by atoms with E-state index in [1.165, 1.54) is 5.56 Å². The molecule has 1 N–H and O–H groups in total. The maximum atomic E-state index is 12.8. The number of carbonyl (C=O) groups is 1. The van der Waals surface area contributed by atoms with E-state index in [4.69, 9.17) is 0 Å². The van der Waals surface area contributed by atoms with Gasteiger partial charge in [0.2, 0.25) is 0 Å². The second kappa shape index (κ2) is 8.04. The number of carbonyl (C=O) groups excluding carboxylic acids is 1. The molecule has 1 amide bonds. The van der Waals surface area contributed by atoms with Crippen LogP contribution in [0, 0.1) is 12.3 Å². The van der Waals surface area contributed by atoms with Crippen molar-refractivity contribution in [1.29, 1.82) is 0 Å². The van der Waals surface area contributed by atoms with Crippen molar-refractivity contribution in [1.82, 2.24) is 14.7 Å². The molecular formula is C21H29N3O2. The summed E-state index contributed by atoms with van der Waals surface area (Å²) in [7, 11) is 1.85. The third kappa shape index (κ3) is 4.15. The van der Waals surface area contributed by atoms with Crippen molar-refractivity contribution < 1.29 is 9.90 Å². The van der Waals surface area contributed by atoms with Gasteiger partial charge in [-0.15, -0.1) is 0 Å². The molecule has 1 fully saturated rings. The molecule has 3 rings (SSSR count). The molecule has 5 nitrogen and oxygen atoms in total. The summed E-state index contributed by atoms with van der Waals surface area (Å²) >= 11 is 0. The van der Waals surface area contributed by atoms with Gasteiger partial charge in [-0.25, -0.2) is 0 Å². The van der Waals surface area contributed by atoms with Crippen LogP contribution in [0.1, 0.15) is 47.4 Å². The lowest BCUT2D eigenvalue weighted by molar-refractivity contribution is 0.0212. The van der Waals surface area contributed by atoms with Crippen molar-refractivity contribution in [3.8, 4) is 0 Å². The number of amides is 1. The lowest BCUT2D eigenvalue weighted by Crippen LogP contribution is -2.48. The molecule has 1 aromatic heterocycles. The highest BCUT2D eigenvalue weighted by Gasteiger charge is 2.37. The first-order chi connectivity index (χ1) is 12.5. The topological polar surface area (TPSA) is 58.4 Å². The lowest BCUT2D eigenvalue weighted by atomic mass is 9.76. The van der Waals surface area contributed by atoms with Gasteiger partial charge in [0.1, 0.15) is 0 Å². The standard InChI is InChI=1S/C21H29N3O2/c1-17-14-19(22-23(17)2)20(26)24-13-7-12-21(15-24,16-25)11-6-10-18-8-4-3-5-9-18/h3-5,8-9,14,25H,6-7,10-13,15-16H2,1-2H3. The molecule has 5 heteroatoms. The molecule has 1 unspecified atom stereocenters. The van der Waals surface area contributed by atoms with E-state index in [0.717, 1.165) is 44.3 Å². The van der Waals surface area contributed by atoms with Crippen LogP contribution in [-0.2, 0) is 13.5 Å². The zero-order chi connectivity index (χ0) is 18.6. The number of benzene rings is 1. The van der Waals surface area contributed by atoms with E-state index >= 15 is 0 Å². The summed E-state index contributed by atoms with van der Waals surface area (Å²) in [4.78, 5) is 14.7. The number of rotatable bonds is 6. The smallest absolute Gasteiger partial charge is 0.274 e. The number of hydrogen-bond acceptors (Lipinski definition) is 3. The molecule has 0 saturated carbocycles. The Morgan fingerprint density at radius 1 is 1.31 bits per heavy atom. The van der Waals surface area contributed by atoms with Crippen LogP contribution < -0.4 is 0 Å². The van der Waals surface area contributed by atoms with Gasteiger partial charge in [-0.05, 0) is 50.7 Å². The van der Waals surface area contributed by atoms with Crippen LogP contribution >= 0.6 is 0 Å². The molecule has 1 atom stereocenters. The molecule has 2 aromatic rings. The van der Waals surface area contributed by atoms with Gasteiger partial charge in [0, 0.05) is 31.2 Å². The highest BCUT2D eigenvalue weighted by Crippen LogP contribution is 2.35. The summed E-state index contributed by atoms with van der Waals surface area (Å²) in [6, 6.07) is 12.3. The molecule has 26 heavy (non-hydrogen) atoms. The van der Waals surface area contributed by atoms with E-state index in [0.29, 0.717) is 12.2 Å². The zero-order valence-corrected chi connectivity index (χ0v) is 15.8. The molecule has 0 radical (unpaired) electrons. The molecule has 1 aliphatic rings. The van der Waals surface area contributed by atoms with E-state index in [9.17, 15) is 9.90 Å². The maximum absolute atomic E-state index is 12.8. The average Bonchev–Trinajstić information content (AvgIpc) is 3.01. The van der Waals surface area contributed by atoms with Crippen molar-refractivity contribution in [2.45, 2.75) is 39.0 Å². The second-order valence-electron chi connectivity index (χ2n) is 7.62. The normalized spacial score (nSPS) is 20.3. The van der Waals surface area contributed by atoms with Gasteiger partial charge in [-0.3, -0.25) is 9.48 Å². The van der Waals surface area contributed by atoms with E-state index in [2.05, 4.69) is 29.4 Å². The van der Waals surface area contributed by atoms with E-state index in [1.54, 1.807) is 4.68 Å². The molecule has 2 heterocycles. The second-order valence-corrected chi connectivity index (χ2v) is 7.62. The monoisotopic (exact) mass is 355 g/mol. The van der Waals surface area contributed by atoms with Crippen LogP contribution in [0.4, 0.5) is 0 Å². The third-order valence-corrected chi connectivity index (χ3v) is 5.63. The van der Waals surface area contributed by atoms with Gasteiger partial charge in [-0.2, -0.15) is 5.10 Å². The van der Waals surface area contributed by atoms with E-state index in [1.807, 2.05) is 31.0 Å². The number of aryl methyl sites for hydroxylation is 3. The van der Waals surface area contributed by atoms with Crippen molar-refractivity contribution in [2.75, 3.05) is 19.7 Å². The minimum atomic E-state index is -0.188. The average molecular weight is 355 g/mol. The van der Waals surface area contributed by atoms with Crippen LogP contribution in [0.2, 0.25) is 0 Å². The minimum Gasteiger partial charge on any atom is -0.396 e. The van der Waals surface area contributed by atoms with Gasteiger partial charge in [0.05, 0.1) is 6.61 Å². The quantitative estimate of drug-likeness (QED) is 0.867. The van der Waals surface area contributed by atoms with Gasteiger partial charge < -0.3 is 10.0 Å². The molecule has 140 valence electrons. The number of hydrogen-bond donors (Lipinski definition) is 1. The van der Waals surface area contributed by atoms with E-state index < -0.39 is 0 Å². The van der Waals surface area contributed by atoms with Gasteiger partial charge in [0.25, 0.3) is 5.91 Å². The predicted molar refractivity (Wildman–Crippen MR) is 102 cm³/mol. The van der Waals surface area contributed by atoms with E-state index in [-0.39, 0.29) is 17.9 Å². The summed E-state index contributed by atoms with van der Waals surface area (Å²) in [6.07, 6.45) is 4.88. The predicted octanol–water partition coefficient (Wildman–Crippen LogP) is 2.97. The van der Waals surface area contributed by atoms with Crippen molar-refractivity contribution in [3.05, 3.63) is 53.3 Å². The van der Waals surface area contributed by atoms with Crippen molar-refractivity contribution >= 4 is 5.91 Å². The van der Waals surface area contributed by atoms with Crippen LogP contribution in [-0.4, -0.2) is 45.4 Å². The molecular weight excluding hydrogens is 326 g/mol. The first-order valence-corrected chi connectivity index (χ1v) is 9.48. The Labute approximate surface area is 155 Å². The Morgan fingerprint density at radius 3 is 2.73 bits per heavy atom. The summed E-state index contributed by atoms with van der Waals surface area (Å²) < 4.78 is 1.73. The minimum absolute atomic E-state index is 0.0192. The number of nitrogens with zero attached hydrogens (tertiary/aromatic N) is 3. The fraction of sp³-hybridized carbons (Fsp3) is 0.524. The van der Waals surface area contributed by atoms with Gasteiger partial charge in [0.15, 0.2) is 5.69 Å². The Bertz CT molecular complexity index is 721. The zero-order valence-electron chi connectivity index (χ0n) is 15.8. The summed E-state index contributed by atoms with van der Waals surface area (Å²) in [5.41, 5.74) is 2.62. The van der Waals surface area contributed by atoms with Crippen molar-refractivity contribution in [2.24, 2.45) is 12.5 Å². The third-order valence-electron chi connectivity index (χ3n) is 5.63. The number of aromatic nitrogens is 2. The van der Waals surface area contributed by atoms with Gasteiger partial charge in [-0.1, -0.05) is 30.3 Å². The van der Waals surface area contributed by atoms with Crippen LogP contribution in [0.3, 0.4) is 0 Å². The molecule has 1 aromatic carbocycles. The lowest BCUT2D eigenvalue weighted by Gasteiger charge is -2.41. The molecule has 0 aliphatic carbocycles. The summed E-state index contributed by atoms with van der Waals surface area (Å²) in [6.45, 7) is 3.44. The fourth-order valence-corrected chi connectivity index (χ4v) is 3.93. The Hall–Kier alpha value is -2.14. The molecule has 1 saturated heterocycles. The first kappa shape index (κ1) is 18.6. The Kier molecular flexibility index (Phi) is 5.77. The summed E-state index contributed by atoms with van der Waals surface area (Å²) in [5.74, 6) is -0.0192. The maximum Gasteiger partial charge on any atom is 0.274 e. The SMILES string of the molecule is Cc1cc(C(=O)N2CCCC(CO)(CCCc3ccccc3)C2)nn1C. The highest BCUT2D eigenvalue weighted by atomic mass is 16.3. The number of likely N-dealkylation sites (tertiary alicyclic amines) is 1. The molecule has 1 aliphatic heterocycles. The van der Waals surface area contributed by atoms with Crippen LogP contribution in [0.15, 0.2) is 36.4 Å². The first-order valence-electron chi connectivity index (χ1n) is 9.48. The fourth-order valence-electron chi connectivity index (χ4n) is 3.93. The Morgan fingerprint density at radius 2 is 2.08 bits per heavy atom. The molecule has 0 spiro atoms. The van der Waals surface area contributed by atoms with Crippen LogP contribution in [0.25, 0.3) is 0 Å². The van der Waals surface area contributed by atoms with Crippen LogP contribution in [0.5, 0.6) is 0 Å². The molecule has 0 bridgehead atoms. The number of piperidine rings is 1. The Balaban J connectivity index is 1.63. The summed E-state index contributed by atoms with van der Waals surface area (Å²) in [5, 5.41) is 14.4. The number of aliphatic hydroxyl groups is 1.